The van der Waals surface area contributed by atoms with Crippen LogP contribution in [0.2, 0.25) is 0 Å². The van der Waals surface area contributed by atoms with Crippen molar-refractivity contribution in [2.45, 2.75) is 6.92 Å². The van der Waals surface area contributed by atoms with Gasteiger partial charge in [0.25, 0.3) is 0 Å². The first kappa shape index (κ1) is 8.65. The van der Waals surface area contributed by atoms with E-state index in [1.54, 1.807) is 24.3 Å². The van der Waals surface area contributed by atoms with Gasteiger partial charge in [-0.3, -0.25) is 0 Å². The average Bonchev–Trinajstić information content (AvgIpc) is 2.84. The first-order chi connectivity index (χ1) is 7.12. The molecule has 1 aromatic rings. The molecule has 5 heteroatoms. The molecule has 0 radical (unpaired) electrons. The molecule has 1 aromatic heterocycles. The molecule has 15 heavy (non-hydrogen) atoms. The lowest BCUT2D eigenvalue weighted by Crippen LogP contribution is -2.48. The van der Waals surface area contributed by atoms with E-state index in [0.717, 1.165) is 14.5 Å². The Labute approximate surface area is 85.9 Å². The molecule has 3 rings (SSSR count). The zero-order chi connectivity index (χ0) is 10.6. The SMILES string of the molecule is CC1=C2C=CC=[N+]2[B-](F)(F)n2cccc21. The van der Waals surface area contributed by atoms with Crippen molar-refractivity contribution in [3.8, 4) is 0 Å². The van der Waals surface area contributed by atoms with Crippen LogP contribution in [0.15, 0.2) is 36.2 Å². The summed E-state index contributed by atoms with van der Waals surface area (Å²) in [5, 5.41) is 0. The molecule has 2 aliphatic rings. The molecule has 0 aromatic carbocycles. The molecule has 3 heterocycles. The van der Waals surface area contributed by atoms with E-state index in [0.29, 0.717) is 11.4 Å². The van der Waals surface area contributed by atoms with E-state index >= 15 is 0 Å². The van der Waals surface area contributed by atoms with Gasteiger partial charge >= 0.3 is 6.97 Å². The molecule has 0 amide bonds. The molecule has 76 valence electrons. The Hall–Kier alpha value is -1.65. The van der Waals surface area contributed by atoms with E-state index < -0.39 is 6.97 Å². The molecule has 0 N–H and O–H groups in total. The molecule has 0 unspecified atom stereocenters. The summed E-state index contributed by atoms with van der Waals surface area (Å²) in [7, 11) is 0. The van der Waals surface area contributed by atoms with Gasteiger partial charge in [0.05, 0.1) is 0 Å². The third kappa shape index (κ3) is 0.901. The monoisotopic (exact) mass is 206 g/mol. The van der Waals surface area contributed by atoms with Crippen LogP contribution in [0.3, 0.4) is 0 Å². The van der Waals surface area contributed by atoms with Gasteiger partial charge in [-0.15, -0.1) is 0 Å². The topological polar surface area (TPSA) is 7.94 Å². The number of hydrogen-bond donors (Lipinski definition) is 0. The normalized spacial score (nSPS) is 21.4. The zero-order valence-corrected chi connectivity index (χ0v) is 8.19. The van der Waals surface area contributed by atoms with Gasteiger partial charge in [0.15, 0.2) is 5.70 Å². The second-order valence-electron chi connectivity index (χ2n) is 3.81. The van der Waals surface area contributed by atoms with Crippen molar-refractivity contribution in [2.75, 3.05) is 0 Å². The second kappa shape index (κ2) is 2.48. The summed E-state index contributed by atoms with van der Waals surface area (Å²) in [6.45, 7) is -1.84. The maximum Gasteiger partial charge on any atom is 0.736 e. The molecule has 0 fully saturated rings. The molecule has 2 aliphatic heterocycles. The Bertz CT molecular complexity index is 537. The molecular formula is C10H9BF2N2. The summed E-state index contributed by atoms with van der Waals surface area (Å²) < 4.78 is 30.1. The first-order valence-electron chi connectivity index (χ1n) is 4.83. The first-order valence-corrected chi connectivity index (χ1v) is 4.83. The number of rotatable bonds is 0. The Morgan fingerprint density at radius 2 is 2.20 bits per heavy atom. The molecule has 0 saturated heterocycles. The molecule has 2 nitrogen and oxygen atoms in total. The van der Waals surface area contributed by atoms with E-state index in [1.807, 2.05) is 6.92 Å². The van der Waals surface area contributed by atoms with Crippen LogP contribution in [0.1, 0.15) is 12.6 Å². The van der Waals surface area contributed by atoms with Crippen LogP contribution < -0.4 is 0 Å². The number of nitrogens with zero attached hydrogens (tertiary/aromatic N) is 2. The number of fused-ring (bicyclic) bond motifs is 2. The molecule has 0 saturated carbocycles. The highest BCUT2D eigenvalue weighted by molar-refractivity contribution is 6.57. The Kier molecular flexibility index (Phi) is 1.43. The lowest BCUT2D eigenvalue weighted by atomic mass is 9.89. The number of aromatic nitrogens is 1. The van der Waals surface area contributed by atoms with Crippen molar-refractivity contribution in [3.05, 3.63) is 41.9 Å². The third-order valence-corrected chi connectivity index (χ3v) is 3.00. The quantitative estimate of drug-likeness (QED) is 0.574. The summed E-state index contributed by atoms with van der Waals surface area (Å²) in [6, 6.07) is 3.38. The average molecular weight is 206 g/mol. The van der Waals surface area contributed by atoms with Crippen molar-refractivity contribution in [3.63, 3.8) is 0 Å². The fraction of sp³-hybridized carbons (Fsp3) is 0.100. The van der Waals surface area contributed by atoms with E-state index in [2.05, 4.69) is 0 Å². The number of halogens is 2. The fourth-order valence-corrected chi connectivity index (χ4v) is 2.23. The Balaban J connectivity index is 2.38. The minimum Gasteiger partial charge on any atom is -0.396 e. The van der Waals surface area contributed by atoms with Gasteiger partial charge in [-0.1, -0.05) is 0 Å². The Morgan fingerprint density at radius 1 is 1.40 bits per heavy atom. The van der Waals surface area contributed by atoms with Gasteiger partial charge in [-0.25, -0.2) is 0 Å². The van der Waals surface area contributed by atoms with Crippen LogP contribution >= 0.6 is 0 Å². The molecule has 0 aliphatic carbocycles. The number of allylic oxidation sites excluding steroid dienone is 3. The van der Waals surface area contributed by atoms with Gasteiger partial charge in [0.1, 0.15) is 6.21 Å². The molecule has 0 atom stereocenters. The van der Waals surface area contributed by atoms with E-state index in [4.69, 9.17) is 0 Å². The summed E-state index contributed by atoms with van der Waals surface area (Å²) in [5.41, 5.74) is 2.09. The highest BCUT2D eigenvalue weighted by Gasteiger charge is 2.50. The van der Waals surface area contributed by atoms with Crippen molar-refractivity contribution in [1.82, 2.24) is 4.48 Å². The molecule has 0 bridgehead atoms. The molecule has 0 spiro atoms. The predicted molar refractivity (Wildman–Crippen MR) is 55.9 cm³/mol. The van der Waals surface area contributed by atoms with Crippen molar-refractivity contribution >= 4 is 18.8 Å². The van der Waals surface area contributed by atoms with Crippen LogP contribution in [0.25, 0.3) is 5.57 Å². The van der Waals surface area contributed by atoms with Crippen molar-refractivity contribution in [2.24, 2.45) is 0 Å². The van der Waals surface area contributed by atoms with Gasteiger partial charge in [0, 0.05) is 23.4 Å². The van der Waals surface area contributed by atoms with Crippen molar-refractivity contribution in [1.29, 1.82) is 0 Å². The highest BCUT2D eigenvalue weighted by atomic mass is 19.2. The van der Waals surface area contributed by atoms with Crippen LogP contribution in [0.5, 0.6) is 0 Å². The third-order valence-electron chi connectivity index (χ3n) is 3.00. The van der Waals surface area contributed by atoms with E-state index in [9.17, 15) is 8.63 Å². The summed E-state index contributed by atoms with van der Waals surface area (Å²) in [6.07, 6.45) is 6.24. The largest absolute Gasteiger partial charge is 0.736 e. The van der Waals surface area contributed by atoms with Crippen molar-refractivity contribution < 1.29 is 13.1 Å². The molecular weight excluding hydrogens is 197 g/mol. The fourth-order valence-electron chi connectivity index (χ4n) is 2.23. The van der Waals surface area contributed by atoms with Crippen LogP contribution in [-0.2, 0) is 0 Å². The standard InChI is InChI=1S/C10H9BF2N2/c1-8-9-4-2-6-14(9)11(12,13)15-7-3-5-10(8)15/h2-7H,1H3. The van der Waals surface area contributed by atoms with E-state index in [1.165, 1.54) is 12.4 Å². The predicted octanol–water partition coefficient (Wildman–Crippen LogP) is 2.11. The van der Waals surface area contributed by atoms with Crippen LogP contribution in [0.4, 0.5) is 8.63 Å². The van der Waals surface area contributed by atoms with Gasteiger partial charge in [0.2, 0.25) is 0 Å². The maximum atomic E-state index is 14.0. The lowest BCUT2D eigenvalue weighted by molar-refractivity contribution is -0.356. The van der Waals surface area contributed by atoms with Crippen LogP contribution in [0, 0.1) is 0 Å². The Morgan fingerprint density at radius 3 is 3.00 bits per heavy atom. The van der Waals surface area contributed by atoms with Gasteiger partial charge in [-0.2, -0.15) is 0 Å². The second-order valence-corrected chi connectivity index (χ2v) is 3.81. The van der Waals surface area contributed by atoms with Gasteiger partial charge in [-0.05, 0) is 25.3 Å². The van der Waals surface area contributed by atoms with E-state index in [-0.39, 0.29) is 0 Å². The lowest BCUT2D eigenvalue weighted by Gasteiger charge is -2.29. The van der Waals surface area contributed by atoms with Crippen LogP contribution in [-0.4, -0.2) is 22.1 Å². The minimum atomic E-state index is -3.70. The highest BCUT2D eigenvalue weighted by Crippen LogP contribution is 2.33. The smallest absolute Gasteiger partial charge is 0.396 e. The summed E-state index contributed by atoms with van der Waals surface area (Å²) in [4.78, 5) is 0. The minimum absolute atomic E-state index is 0.603. The zero-order valence-electron chi connectivity index (χ0n) is 8.19. The maximum absolute atomic E-state index is 14.0. The summed E-state index contributed by atoms with van der Waals surface area (Å²) >= 11 is 0. The van der Waals surface area contributed by atoms with Gasteiger partial charge < -0.3 is 17.6 Å². The summed E-state index contributed by atoms with van der Waals surface area (Å²) in [5.74, 6) is 0. The number of hydrogen-bond acceptors (Lipinski definition) is 0.